The number of benzene rings is 2. The van der Waals surface area contributed by atoms with Crippen LogP contribution in [0.2, 0.25) is 0 Å². The fourth-order valence-electron chi connectivity index (χ4n) is 3.96. The molecule has 1 fully saturated rings. The van der Waals surface area contributed by atoms with E-state index in [0.717, 1.165) is 5.57 Å². The number of carbonyl (C=O) groups excluding carboxylic acids is 1. The second kappa shape index (κ2) is 8.69. The summed E-state index contributed by atoms with van der Waals surface area (Å²) in [6, 6.07) is 5.88. The lowest BCUT2D eigenvalue weighted by molar-refractivity contribution is -0.142. The number of alkyl halides is 6. The minimum Gasteiger partial charge on any atom is -0.493 e. The van der Waals surface area contributed by atoms with Gasteiger partial charge < -0.3 is 14.8 Å². The summed E-state index contributed by atoms with van der Waals surface area (Å²) in [7, 11) is 1.33. The summed E-state index contributed by atoms with van der Waals surface area (Å²) >= 11 is 0. The first kappa shape index (κ1) is 23.7. The van der Waals surface area contributed by atoms with Crippen LogP contribution in [0.5, 0.6) is 11.5 Å². The zero-order valence-corrected chi connectivity index (χ0v) is 17.7. The van der Waals surface area contributed by atoms with Crippen LogP contribution >= 0.6 is 0 Å². The van der Waals surface area contributed by atoms with E-state index < -0.39 is 35.6 Å². The third-order valence-corrected chi connectivity index (χ3v) is 5.57. The molecule has 0 bridgehead atoms. The Kier molecular flexibility index (Phi) is 6.05. The highest BCUT2D eigenvalue weighted by atomic mass is 19.4. The molecule has 2 aromatic rings. The van der Waals surface area contributed by atoms with E-state index in [9.17, 15) is 31.1 Å². The molecule has 2 aliphatic heterocycles. The standard InChI is InChI=1S/C23H18F6N2O3/c1-33-19-9-12(16-10-20(32)31-21-15(16)6-7-30-21)2-5-18(19)34-11-13-8-14(22(24,25)26)3-4-17(13)23(27,28)29/h2-6,8-9,16H,7,10-11H2,1H3,(H,30,31,32). The van der Waals surface area contributed by atoms with Crippen molar-refractivity contribution < 1.29 is 40.6 Å². The maximum atomic E-state index is 13.3. The molecule has 0 aliphatic carbocycles. The molecule has 1 atom stereocenters. The number of hydrogen-bond acceptors (Lipinski definition) is 4. The van der Waals surface area contributed by atoms with Gasteiger partial charge in [-0.2, -0.15) is 26.3 Å². The Morgan fingerprint density at radius 1 is 1.03 bits per heavy atom. The quantitative estimate of drug-likeness (QED) is 0.590. The zero-order chi connectivity index (χ0) is 24.7. The van der Waals surface area contributed by atoms with Gasteiger partial charge in [-0.25, -0.2) is 0 Å². The van der Waals surface area contributed by atoms with E-state index in [4.69, 9.17) is 9.47 Å². The number of rotatable bonds is 5. The first-order valence-corrected chi connectivity index (χ1v) is 10.1. The minimum atomic E-state index is -4.85. The molecule has 0 aromatic heterocycles. The lowest BCUT2D eigenvalue weighted by Crippen LogP contribution is -2.38. The van der Waals surface area contributed by atoms with Gasteiger partial charge in [0.15, 0.2) is 11.5 Å². The summed E-state index contributed by atoms with van der Waals surface area (Å²) in [5, 5.41) is 2.70. The number of nitrogens with zero attached hydrogens (tertiary/aromatic N) is 1. The molecule has 2 heterocycles. The van der Waals surface area contributed by atoms with Gasteiger partial charge in [-0.1, -0.05) is 12.1 Å². The molecule has 2 aromatic carbocycles. The number of aliphatic imine (C=N–C) groups is 1. The number of nitrogens with one attached hydrogen (secondary N) is 1. The van der Waals surface area contributed by atoms with Gasteiger partial charge in [0, 0.05) is 23.5 Å². The van der Waals surface area contributed by atoms with Crippen molar-refractivity contribution in [2.75, 3.05) is 13.7 Å². The molecule has 5 nitrogen and oxygen atoms in total. The molecule has 1 unspecified atom stereocenters. The number of methoxy groups -OCH3 is 1. The number of halogens is 6. The third kappa shape index (κ3) is 4.73. The number of hydrogen-bond donors (Lipinski definition) is 1. The second-order valence-electron chi connectivity index (χ2n) is 7.72. The molecule has 1 N–H and O–H groups in total. The Labute approximate surface area is 190 Å². The second-order valence-corrected chi connectivity index (χ2v) is 7.72. The molecule has 2 aliphatic rings. The molecular weight excluding hydrogens is 466 g/mol. The van der Waals surface area contributed by atoms with Crippen molar-refractivity contribution in [1.82, 2.24) is 5.32 Å². The molecule has 11 heteroatoms. The zero-order valence-electron chi connectivity index (χ0n) is 17.7. The Morgan fingerprint density at radius 2 is 1.79 bits per heavy atom. The van der Waals surface area contributed by atoms with E-state index in [2.05, 4.69) is 10.3 Å². The summed E-state index contributed by atoms with van der Waals surface area (Å²) in [5.41, 5.74) is -1.53. The number of amides is 1. The molecule has 0 saturated carbocycles. The third-order valence-electron chi connectivity index (χ3n) is 5.57. The summed E-state index contributed by atoms with van der Waals surface area (Å²) in [6.07, 6.45) is -7.59. The molecule has 4 rings (SSSR count). The van der Waals surface area contributed by atoms with Crippen LogP contribution in [-0.2, 0) is 23.8 Å². The number of amidine groups is 1. The fraction of sp³-hybridized carbons (Fsp3) is 0.304. The Balaban J connectivity index is 1.61. The summed E-state index contributed by atoms with van der Waals surface area (Å²) in [4.78, 5) is 16.3. The maximum absolute atomic E-state index is 13.3. The van der Waals surface area contributed by atoms with E-state index in [1.807, 2.05) is 6.08 Å². The summed E-state index contributed by atoms with van der Waals surface area (Å²) in [6.45, 7) is -0.319. The average Bonchev–Trinajstić information content (AvgIpc) is 3.24. The minimum absolute atomic E-state index is 0.0475. The lowest BCUT2D eigenvalue weighted by Gasteiger charge is -2.26. The molecular formula is C23H18F6N2O3. The SMILES string of the molecule is COc1cc(C2CC(=O)NC3=NCC=C32)ccc1OCc1cc(C(F)(F)F)ccc1C(F)(F)F. The average molecular weight is 484 g/mol. The smallest absolute Gasteiger partial charge is 0.416 e. The van der Waals surface area contributed by atoms with Crippen LogP contribution in [0.25, 0.3) is 0 Å². The summed E-state index contributed by atoms with van der Waals surface area (Å²) < 4.78 is 89.9. The molecule has 1 saturated heterocycles. The topological polar surface area (TPSA) is 59.9 Å². The van der Waals surface area contributed by atoms with Crippen molar-refractivity contribution in [3.63, 3.8) is 0 Å². The van der Waals surface area contributed by atoms with Gasteiger partial charge >= 0.3 is 12.4 Å². The van der Waals surface area contributed by atoms with Crippen molar-refractivity contribution >= 4 is 11.7 Å². The summed E-state index contributed by atoms with van der Waals surface area (Å²) in [5.74, 6) is 0.224. The van der Waals surface area contributed by atoms with Crippen LogP contribution in [0, 0.1) is 0 Å². The number of fused-ring (bicyclic) bond motifs is 1. The Hall–Kier alpha value is -3.50. The van der Waals surface area contributed by atoms with Crippen LogP contribution in [-0.4, -0.2) is 25.4 Å². The Morgan fingerprint density at radius 3 is 2.47 bits per heavy atom. The number of piperidine rings is 1. The maximum Gasteiger partial charge on any atom is 0.416 e. The molecule has 0 radical (unpaired) electrons. The van der Waals surface area contributed by atoms with Gasteiger partial charge in [0.25, 0.3) is 0 Å². The van der Waals surface area contributed by atoms with E-state index in [-0.39, 0.29) is 29.7 Å². The van der Waals surface area contributed by atoms with E-state index >= 15 is 0 Å². The van der Waals surface area contributed by atoms with Gasteiger partial charge in [0.05, 0.1) is 24.8 Å². The van der Waals surface area contributed by atoms with E-state index in [1.54, 1.807) is 12.1 Å². The highest BCUT2D eigenvalue weighted by Gasteiger charge is 2.37. The first-order chi connectivity index (χ1) is 16.0. The van der Waals surface area contributed by atoms with Gasteiger partial charge in [0.1, 0.15) is 12.4 Å². The molecule has 34 heavy (non-hydrogen) atoms. The van der Waals surface area contributed by atoms with Crippen molar-refractivity contribution in [2.24, 2.45) is 4.99 Å². The number of ether oxygens (including phenoxy) is 2. The van der Waals surface area contributed by atoms with Crippen LogP contribution in [0.3, 0.4) is 0 Å². The predicted molar refractivity (Wildman–Crippen MR) is 110 cm³/mol. The van der Waals surface area contributed by atoms with Crippen molar-refractivity contribution in [2.45, 2.75) is 31.3 Å². The van der Waals surface area contributed by atoms with Crippen molar-refractivity contribution in [3.05, 3.63) is 70.3 Å². The normalized spacial score (nSPS) is 18.1. The van der Waals surface area contributed by atoms with Crippen LogP contribution < -0.4 is 14.8 Å². The monoisotopic (exact) mass is 484 g/mol. The number of carbonyl (C=O) groups is 1. The molecule has 180 valence electrons. The van der Waals surface area contributed by atoms with E-state index in [0.29, 0.717) is 36.1 Å². The van der Waals surface area contributed by atoms with Gasteiger partial charge in [-0.3, -0.25) is 9.79 Å². The van der Waals surface area contributed by atoms with Crippen molar-refractivity contribution in [1.29, 1.82) is 0 Å². The largest absolute Gasteiger partial charge is 0.493 e. The van der Waals surface area contributed by atoms with Crippen molar-refractivity contribution in [3.8, 4) is 11.5 Å². The van der Waals surface area contributed by atoms with Gasteiger partial charge in [0.2, 0.25) is 5.91 Å². The van der Waals surface area contributed by atoms with Crippen LogP contribution in [0.4, 0.5) is 26.3 Å². The highest BCUT2D eigenvalue weighted by molar-refractivity contribution is 6.12. The van der Waals surface area contributed by atoms with Crippen LogP contribution in [0.15, 0.2) is 53.0 Å². The first-order valence-electron chi connectivity index (χ1n) is 10.1. The molecule has 1 amide bonds. The fourth-order valence-corrected chi connectivity index (χ4v) is 3.96. The predicted octanol–water partition coefficient (Wildman–Crippen LogP) is 5.25. The lowest BCUT2D eigenvalue weighted by atomic mass is 9.85. The highest BCUT2D eigenvalue weighted by Crippen LogP contribution is 2.40. The Bertz CT molecular complexity index is 1180. The van der Waals surface area contributed by atoms with Crippen LogP contribution in [0.1, 0.15) is 34.6 Å². The van der Waals surface area contributed by atoms with E-state index in [1.165, 1.54) is 13.2 Å². The van der Waals surface area contributed by atoms with Gasteiger partial charge in [-0.15, -0.1) is 0 Å². The van der Waals surface area contributed by atoms with Gasteiger partial charge in [-0.05, 0) is 35.9 Å². The molecule has 0 spiro atoms.